The van der Waals surface area contributed by atoms with E-state index in [2.05, 4.69) is 30.3 Å². The molecular formula is C13H12N6OS. The number of nitrogens with zero attached hydrogens (tertiary/aromatic N) is 5. The third kappa shape index (κ3) is 2.80. The van der Waals surface area contributed by atoms with Crippen molar-refractivity contribution in [1.82, 2.24) is 30.3 Å². The maximum absolute atomic E-state index is 5.22. The van der Waals surface area contributed by atoms with Crippen LogP contribution in [0.1, 0.15) is 30.5 Å². The number of pyridine rings is 1. The third-order valence-corrected chi connectivity index (χ3v) is 3.96. The number of aromatic amines is 1. The van der Waals surface area contributed by atoms with E-state index in [0.717, 1.165) is 24.4 Å². The minimum absolute atomic E-state index is 0.482. The predicted octanol–water partition coefficient (Wildman–Crippen LogP) is 2.42. The van der Waals surface area contributed by atoms with E-state index in [1.807, 2.05) is 18.2 Å². The molecule has 0 radical (unpaired) electrons. The van der Waals surface area contributed by atoms with Crippen LogP contribution in [0.2, 0.25) is 0 Å². The second-order valence-electron chi connectivity index (χ2n) is 4.79. The van der Waals surface area contributed by atoms with Crippen molar-refractivity contribution in [2.75, 3.05) is 0 Å². The number of rotatable bonds is 5. The monoisotopic (exact) mass is 300 g/mol. The first-order valence-corrected chi connectivity index (χ1v) is 7.66. The number of hydrogen-bond acceptors (Lipinski definition) is 7. The van der Waals surface area contributed by atoms with Gasteiger partial charge in [-0.15, -0.1) is 5.10 Å². The molecular weight excluding hydrogens is 288 g/mol. The van der Waals surface area contributed by atoms with Crippen molar-refractivity contribution in [3.8, 4) is 11.5 Å². The van der Waals surface area contributed by atoms with E-state index in [-0.39, 0.29) is 0 Å². The van der Waals surface area contributed by atoms with Crippen molar-refractivity contribution < 1.29 is 4.52 Å². The molecule has 0 bridgehead atoms. The van der Waals surface area contributed by atoms with Crippen LogP contribution in [0.3, 0.4) is 0 Å². The van der Waals surface area contributed by atoms with Crippen molar-refractivity contribution in [1.29, 1.82) is 0 Å². The summed E-state index contributed by atoms with van der Waals surface area (Å²) in [5.74, 6) is 3.18. The van der Waals surface area contributed by atoms with E-state index >= 15 is 0 Å². The second kappa shape index (κ2) is 5.28. The van der Waals surface area contributed by atoms with Gasteiger partial charge < -0.3 is 4.52 Å². The minimum atomic E-state index is 0.482. The minimum Gasteiger partial charge on any atom is -0.339 e. The first-order valence-electron chi connectivity index (χ1n) is 6.67. The van der Waals surface area contributed by atoms with Crippen LogP contribution in [0.25, 0.3) is 11.5 Å². The highest BCUT2D eigenvalue weighted by molar-refractivity contribution is 7.98. The third-order valence-electron chi connectivity index (χ3n) is 3.11. The Morgan fingerprint density at radius 2 is 2.24 bits per heavy atom. The normalized spacial score (nSPS) is 14.5. The van der Waals surface area contributed by atoms with E-state index in [1.165, 1.54) is 11.8 Å². The van der Waals surface area contributed by atoms with Crippen molar-refractivity contribution >= 4 is 11.8 Å². The second-order valence-corrected chi connectivity index (χ2v) is 5.74. The van der Waals surface area contributed by atoms with Gasteiger partial charge in [0.25, 0.3) is 0 Å². The summed E-state index contributed by atoms with van der Waals surface area (Å²) >= 11 is 1.47. The number of H-pyrrole nitrogens is 1. The fourth-order valence-electron chi connectivity index (χ4n) is 1.88. The molecule has 4 rings (SSSR count). The van der Waals surface area contributed by atoms with Crippen molar-refractivity contribution in [2.45, 2.75) is 29.7 Å². The Balaban J connectivity index is 1.41. The molecule has 106 valence electrons. The molecule has 0 unspecified atom stereocenters. The summed E-state index contributed by atoms with van der Waals surface area (Å²) < 4.78 is 5.22. The lowest BCUT2D eigenvalue weighted by molar-refractivity contribution is 0.375. The fraction of sp³-hybridized carbons (Fsp3) is 0.308. The zero-order chi connectivity index (χ0) is 14.1. The highest BCUT2D eigenvalue weighted by Crippen LogP contribution is 2.39. The molecule has 21 heavy (non-hydrogen) atoms. The highest BCUT2D eigenvalue weighted by atomic mass is 32.2. The molecule has 1 aliphatic rings. The number of nitrogens with one attached hydrogen (secondary N) is 1. The predicted molar refractivity (Wildman–Crippen MR) is 75.4 cm³/mol. The molecule has 1 saturated carbocycles. The van der Waals surface area contributed by atoms with E-state index < -0.39 is 0 Å². The molecule has 0 atom stereocenters. The Bertz CT molecular complexity index is 736. The number of thioether (sulfide) groups is 1. The fourth-order valence-corrected chi connectivity index (χ4v) is 2.52. The lowest BCUT2D eigenvalue weighted by Crippen LogP contribution is -1.86. The summed E-state index contributed by atoms with van der Waals surface area (Å²) in [4.78, 5) is 13.0. The first kappa shape index (κ1) is 12.5. The maximum Gasteiger partial charge on any atom is 0.229 e. The molecule has 1 aliphatic carbocycles. The Labute approximate surface area is 124 Å². The summed E-state index contributed by atoms with van der Waals surface area (Å²) in [6.45, 7) is 0. The topological polar surface area (TPSA) is 93.4 Å². The van der Waals surface area contributed by atoms with E-state index in [0.29, 0.717) is 28.5 Å². The highest BCUT2D eigenvalue weighted by Gasteiger charge is 2.29. The van der Waals surface area contributed by atoms with Crippen LogP contribution < -0.4 is 0 Å². The summed E-state index contributed by atoms with van der Waals surface area (Å²) in [5, 5.41) is 11.7. The zero-order valence-electron chi connectivity index (χ0n) is 11.1. The van der Waals surface area contributed by atoms with Crippen LogP contribution >= 0.6 is 11.8 Å². The van der Waals surface area contributed by atoms with Gasteiger partial charge in [-0.1, -0.05) is 23.0 Å². The number of hydrogen-bond donors (Lipinski definition) is 1. The van der Waals surface area contributed by atoms with E-state index in [1.54, 1.807) is 6.20 Å². The molecule has 0 amide bonds. The Morgan fingerprint density at radius 1 is 1.29 bits per heavy atom. The van der Waals surface area contributed by atoms with Gasteiger partial charge in [0, 0.05) is 12.1 Å². The van der Waals surface area contributed by atoms with Crippen molar-refractivity contribution in [3.05, 3.63) is 36.1 Å². The molecule has 0 spiro atoms. The van der Waals surface area contributed by atoms with Gasteiger partial charge in [-0.3, -0.25) is 10.1 Å². The molecule has 7 nitrogen and oxygen atoms in total. The van der Waals surface area contributed by atoms with Crippen LogP contribution in [-0.4, -0.2) is 30.3 Å². The summed E-state index contributed by atoms with van der Waals surface area (Å²) in [5.41, 5.74) is 0.771. The number of aromatic nitrogens is 6. The van der Waals surface area contributed by atoms with Gasteiger partial charge in [0.05, 0.1) is 5.75 Å². The Hall–Kier alpha value is -2.22. The summed E-state index contributed by atoms with van der Waals surface area (Å²) in [6, 6.07) is 5.66. The van der Waals surface area contributed by atoms with Crippen LogP contribution in [0.4, 0.5) is 0 Å². The maximum atomic E-state index is 5.22. The van der Waals surface area contributed by atoms with Crippen molar-refractivity contribution in [3.63, 3.8) is 0 Å². The smallest absolute Gasteiger partial charge is 0.229 e. The molecule has 0 aromatic carbocycles. The van der Waals surface area contributed by atoms with Gasteiger partial charge in [0.2, 0.25) is 11.0 Å². The van der Waals surface area contributed by atoms with Crippen LogP contribution in [0, 0.1) is 0 Å². The van der Waals surface area contributed by atoms with Gasteiger partial charge in [-0.05, 0) is 25.0 Å². The largest absolute Gasteiger partial charge is 0.339 e. The van der Waals surface area contributed by atoms with Crippen LogP contribution in [-0.2, 0) is 5.75 Å². The lowest BCUT2D eigenvalue weighted by Gasteiger charge is -1.92. The SMILES string of the molecule is c1ccc(-c2nc(SCc3noc(C4CC4)n3)n[nH]2)nc1. The quantitative estimate of drug-likeness (QED) is 0.723. The zero-order valence-corrected chi connectivity index (χ0v) is 11.9. The van der Waals surface area contributed by atoms with Gasteiger partial charge in [0.15, 0.2) is 11.6 Å². The molecule has 3 heterocycles. The standard InChI is InChI=1S/C13H12N6OS/c1-2-6-14-9(3-1)11-16-13(18-17-11)21-7-10-15-12(20-19-10)8-4-5-8/h1-3,6,8H,4-5,7H2,(H,16,17,18). The van der Waals surface area contributed by atoms with Gasteiger partial charge in [-0.2, -0.15) is 9.97 Å². The van der Waals surface area contributed by atoms with E-state index in [9.17, 15) is 0 Å². The average Bonchev–Trinajstić information content (AvgIpc) is 3.09. The Morgan fingerprint density at radius 3 is 3.05 bits per heavy atom. The molecule has 1 fully saturated rings. The Kier molecular flexibility index (Phi) is 3.15. The summed E-state index contributed by atoms with van der Waals surface area (Å²) in [6.07, 6.45) is 4.04. The molecule has 8 heteroatoms. The summed E-state index contributed by atoms with van der Waals surface area (Å²) in [7, 11) is 0. The van der Waals surface area contributed by atoms with Gasteiger partial charge in [-0.25, -0.2) is 0 Å². The molecule has 3 aromatic heterocycles. The molecule has 1 N–H and O–H groups in total. The average molecular weight is 300 g/mol. The lowest BCUT2D eigenvalue weighted by atomic mass is 10.3. The van der Waals surface area contributed by atoms with Crippen molar-refractivity contribution in [2.24, 2.45) is 0 Å². The molecule has 0 saturated heterocycles. The van der Waals surface area contributed by atoms with Crippen LogP contribution in [0.5, 0.6) is 0 Å². The van der Waals surface area contributed by atoms with Crippen LogP contribution in [0.15, 0.2) is 34.1 Å². The molecule has 3 aromatic rings. The van der Waals surface area contributed by atoms with E-state index in [4.69, 9.17) is 4.52 Å². The molecule has 0 aliphatic heterocycles. The van der Waals surface area contributed by atoms with Gasteiger partial charge >= 0.3 is 0 Å². The van der Waals surface area contributed by atoms with Gasteiger partial charge in [0.1, 0.15) is 5.69 Å². The first-order chi connectivity index (χ1) is 10.4.